The molecule has 0 aliphatic carbocycles. The molecule has 24 heavy (non-hydrogen) atoms. The Morgan fingerprint density at radius 2 is 2.17 bits per heavy atom. The molecule has 1 aromatic rings. The Morgan fingerprint density at radius 3 is 2.83 bits per heavy atom. The molecule has 1 aliphatic rings. The van der Waals surface area contributed by atoms with E-state index in [9.17, 15) is 9.59 Å². The first kappa shape index (κ1) is 18.5. The number of hydrogen-bond donors (Lipinski definition) is 1. The van der Waals surface area contributed by atoms with Gasteiger partial charge in [0.2, 0.25) is 0 Å². The zero-order valence-corrected chi connectivity index (χ0v) is 15.1. The summed E-state index contributed by atoms with van der Waals surface area (Å²) in [7, 11) is 0. The summed E-state index contributed by atoms with van der Waals surface area (Å²) in [5.74, 6) is -0.289. The number of piperidine rings is 1. The zero-order chi connectivity index (χ0) is 17.7. The third-order valence-electron chi connectivity index (χ3n) is 3.76. The molecule has 0 aromatic carbocycles. The van der Waals surface area contributed by atoms with E-state index in [-0.39, 0.29) is 23.2 Å². The van der Waals surface area contributed by atoms with Crippen LogP contribution in [-0.2, 0) is 4.74 Å². The number of rotatable bonds is 3. The van der Waals surface area contributed by atoms with Crippen LogP contribution < -0.4 is 5.32 Å². The molecule has 1 saturated heterocycles. The van der Waals surface area contributed by atoms with Gasteiger partial charge in [0.25, 0.3) is 5.91 Å². The van der Waals surface area contributed by atoms with Crippen LogP contribution in [0.1, 0.15) is 50.4 Å². The van der Waals surface area contributed by atoms with Crippen molar-refractivity contribution in [3.05, 3.63) is 29.0 Å². The number of aromatic nitrogens is 1. The van der Waals surface area contributed by atoms with Crippen molar-refractivity contribution in [2.45, 2.75) is 51.7 Å². The molecule has 0 bridgehead atoms. The lowest BCUT2D eigenvalue weighted by Gasteiger charge is -2.36. The molecule has 0 radical (unpaired) electrons. The Hall–Kier alpha value is -1.82. The van der Waals surface area contributed by atoms with Gasteiger partial charge < -0.3 is 15.0 Å². The van der Waals surface area contributed by atoms with Crippen LogP contribution in [0.15, 0.2) is 18.3 Å². The second-order valence-electron chi connectivity index (χ2n) is 6.88. The first-order chi connectivity index (χ1) is 11.3. The summed E-state index contributed by atoms with van der Waals surface area (Å²) in [6, 6.07) is 3.21. The van der Waals surface area contributed by atoms with Crippen molar-refractivity contribution in [2.24, 2.45) is 0 Å². The first-order valence-electron chi connectivity index (χ1n) is 8.16. The molecule has 0 saturated carbocycles. The number of halogens is 1. The van der Waals surface area contributed by atoms with Gasteiger partial charge >= 0.3 is 6.09 Å². The van der Waals surface area contributed by atoms with Crippen molar-refractivity contribution >= 4 is 23.6 Å². The number of nitrogens with zero attached hydrogens (tertiary/aromatic N) is 2. The van der Waals surface area contributed by atoms with Gasteiger partial charge in [0, 0.05) is 19.3 Å². The monoisotopic (exact) mass is 353 g/mol. The predicted octanol–water partition coefficient (Wildman–Crippen LogP) is 3.25. The van der Waals surface area contributed by atoms with Crippen LogP contribution in [0.25, 0.3) is 0 Å². The van der Waals surface area contributed by atoms with Gasteiger partial charge in [0.05, 0.1) is 11.6 Å². The van der Waals surface area contributed by atoms with E-state index in [2.05, 4.69) is 10.3 Å². The van der Waals surface area contributed by atoms with E-state index in [1.165, 1.54) is 6.20 Å². The third-order valence-corrected chi connectivity index (χ3v) is 4.06. The van der Waals surface area contributed by atoms with Crippen LogP contribution in [0, 0.1) is 0 Å². The van der Waals surface area contributed by atoms with Gasteiger partial charge in [0.15, 0.2) is 0 Å². The van der Waals surface area contributed by atoms with Gasteiger partial charge in [-0.25, -0.2) is 9.78 Å². The van der Waals surface area contributed by atoms with Crippen LogP contribution in [0.3, 0.4) is 0 Å². The number of carbonyl (C=O) groups is 2. The Kier molecular flexibility index (Phi) is 6.04. The van der Waals surface area contributed by atoms with E-state index in [1.807, 2.05) is 20.8 Å². The van der Waals surface area contributed by atoms with Crippen LogP contribution in [-0.4, -0.2) is 46.6 Å². The molecule has 6 nitrogen and oxygen atoms in total. The highest BCUT2D eigenvalue weighted by Crippen LogP contribution is 2.20. The average molecular weight is 354 g/mol. The van der Waals surface area contributed by atoms with Crippen molar-refractivity contribution < 1.29 is 14.3 Å². The predicted molar refractivity (Wildman–Crippen MR) is 92.2 cm³/mol. The quantitative estimate of drug-likeness (QED) is 0.847. The van der Waals surface area contributed by atoms with E-state index < -0.39 is 5.60 Å². The van der Waals surface area contributed by atoms with Gasteiger partial charge in [-0.05, 0) is 52.2 Å². The summed E-state index contributed by atoms with van der Waals surface area (Å²) in [5.41, 5.74) is -0.204. The van der Waals surface area contributed by atoms with Gasteiger partial charge in [-0.3, -0.25) is 4.79 Å². The minimum absolute atomic E-state index is 0.0759. The number of hydrogen-bond acceptors (Lipinski definition) is 4. The Bertz CT molecular complexity index is 601. The molecule has 132 valence electrons. The van der Waals surface area contributed by atoms with Crippen molar-refractivity contribution in [3.8, 4) is 0 Å². The molecule has 7 heteroatoms. The zero-order valence-electron chi connectivity index (χ0n) is 14.3. The third kappa shape index (κ3) is 5.09. The van der Waals surface area contributed by atoms with Crippen LogP contribution in [0.2, 0.25) is 5.15 Å². The molecule has 1 atom stereocenters. The lowest BCUT2D eigenvalue weighted by molar-refractivity contribution is 0.00986. The number of likely N-dealkylation sites (tertiary alicyclic amines) is 1. The molecule has 1 aliphatic heterocycles. The SMILES string of the molecule is CC(C)(C)OC(=O)N1CCCCC1CNC(=O)c1cccnc1Cl. The molecule has 1 aromatic heterocycles. The minimum atomic E-state index is -0.536. The fraction of sp³-hybridized carbons (Fsp3) is 0.588. The Morgan fingerprint density at radius 1 is 1.42 bits per heavy atom. The Labute approximate surface area is 147 Å². The fourth-order valence-corrected chi connectivity index (χ4v) is 2.84. The smallest absolute Gasteiger partial charge is 0.410 e. The number of ether oxygens (including phenoxy) is 1. The van der Waals surface area contributed by atoms with Crippen LogP contribution in [0.4, 0.5) is 4.79 Å². The van der Waals surface area contributed by atoms with Gasteiger partial charge in [-0.15, -0.1) is 0 Å². The lowest BCUT2D eigenvalue weighted by atomic mass is 10.0. The maximum Gasteiger partial charge on any atom is 0.410 e. The topological polar surface area (TPSA) is 71.5 Å². The maximum atomic E-state index is 12.4. The van der Waals surface area contributed by atoms with Gasteiger partial charge in [-0.1, -0.05) is 11.6 Å². The number of carbonyl (C=O) groups excluding carboxylic acids is 2. The first-order valence-corrected chi connectivity index (χ1v) is 8.54. The highest BCUT2D eigenvalue weighted by atomic mass is 35.5. The molecule has 2 rings (SSSR count). The molecule has 0 spiro atoms. The molecule has 2 amide bonds. The largest absolute Gasteiger partial charge is 0.444 e. The second-order valence-corrected chi connectivity index (χ2v) is 7.23. The lowest BCUT2D eigenvalue weighted by Crippen LogP contribution is -2.50. The number of nitrogens with one attached hydrogen (secondary N) is 1. The molecule has 1 unspecified atom stereocenters. The van der Waals surface area contributed by atoms with Gasteiger partial charge in [-0.2, -0.15) is 0 Å². The fourth-order valence-electron chi connectivity index (χ4n) is 2.63. The molecular weight excluding hydrogens is 330 g/mol. The second kappa shape index (κ2) is 7.83. The Balaban J connectivity index is 1.97. The highest BCUT2D eigenvalue weighted by molar-refractivity contribution is 6.32. The molecule has 2 heterocycles. The van der Waals surface area contributed by atoms with E-state index in [1.54, 1.807) is 17.0 Å². The van der Waals surface area contributed by atoms with Crippen molar-refractivity contribution in [2.75, 3.05) is 13.1 Å². The van der Waals surface area contributed by atoms with Crippen LogP contribution >= 0.6 is 11.6 Å². The molecular formula is C17H24ClN3O3. The van der Waals surface area contributed by atoms with Crippen molar-refractivity contribution in [1.82, 2.24) is 15.2 Å². The average Bonchev–Trinajstić information content (AvgIpc) is 2.51. The van der Waals surface area contributed by atoms with Crippen molar-refractivity contribution in [1.29, 1.82) is 0 Å². The minimum Gasteiger partial charge on any atom is -0.444 e. The van der Waals surface area contributed by atoms with E-state index >= 15 is 0 Å². The maximum absolute atomic E-state index is 12.4. The summed E-state index contributed by atoms with van der Waals surface area (Å²) >= 11 is 5.94. The summed E-state index contributed by atoms with van der Waals surface area (Å²) in [6.45, 7) is 6.54. The summed E-state index contributed by atoms with van der Waals surface area (Å²) in [6.07, 6.45) is 4.00. The standard InChI is InChI=1S/C17H24ClN3O3/c1-17(2,3)24-16(23)21-10-5-4-7-12(21)11-20-15(22)13-8-6-9-19-14(13)18/h6,8-9,12H,4-5,7,10-11H2,1-3H3,(H,20,22). The van der Waals surface area contributed by atoms with E-state index in [0.29, 0.717) is 18.7 Å². The molecule has 1 N–H and O–H groups in total. The van der Waals surface area contributed by atoms with Crippen LogP contribution in [0.5, 0.6) is 0 Å². The summed E-state index contributed by atoms with van der Waals surface area (Å²) in [4.78, 5) is 30.2. The summed E-state index contributed by atoms with van der Waals surface area (Å²) in [5, 5.41) is 3.01. The van der Waals surface area contributed by atoms with Gasteiger partial charge in [0.1, 0.15) is 10.8 Å². The number of amides is 2. The highest BCUT2D eigenvalue weighted by Gasteiger charge is 2.30. The normalized spacial score (nSPS) is 18.2. The van der Waals surface area contributed by atoms with E-state index in [4.69, 9.17) is 16.3 Å². The number of pyridine rings is 1. The molecule has 1 fully saturated rings. The summed E-state index contributed by atoms with van der Waals surface area (Å²) < 4.78 is 5.46. The van der Waals surface area contributed by atoms with E-state index in [0.717, 1.165) is 19.3 Å². The van der Waals surface area contributed by atoms with Crippen molar-refractivity contribution in [3.63, 3.8) is 0 Å².